The van der Waals surface area contributed by atoms with E-state index in [0.29, 0.717) is 18.8 Å². The number of carboxylic acid groups (broad SMARTS) is 2. The number of ether oxygens (including phenoxy) is 1. The normalized spacial score (nSPS) is 8.24. The Balaban J connectivity index is -0.000000193. The molecule has 0 unspecified atom stereocenters. The van der Waals surface area contributed by atoms with Gasteiger partial charge in [-0.25, -0.2) is 9.59 Å². The lowest BCUT2D eigenvalue weighted by Crippen LogP contribution is -1.95. The molecule has 0 bridgehead atoms. The van der Waals surface area contributed by atoms with Crippen LogP contribution in [0.25, 0.3) is 0 Å². The van der Waals surface area contributed by atoms with E-state index < -0.39 is 11.9 Å². The van der Waals surface area contributed by atoms with E-state index in [2.05, 4.69) is 4.74 Å². The number of aliphatic hydroxyl groups excluding tert-OH is 1. The molecule has 7 heteroatoms. The third kappa shape index (κ3) is 55.4. The maximum atomic E-state index is 9.82. The van der Waals surface area contributed by atoms with Gasteiger partial charge in [0.05, 0.1) is 6.61 Å². The first kappa shape index (κ1) is 20.5. The molecule has 0 atom stereocenters. The number of aliphatic hydroxyl groups is 1. The number of hydrogen-bond acceptors (Lipinski definition) is 5. The molecule has 0 radical (unpaired) electrons. The number of hydrogen-bond donors (Lipinski definition) is 3. The van der Waals surface area contributed by atoms with Crippen molar-refractivity contribution >= 4 is 17.9 Å². The van der Waals surface area contributed by atoms with Gasteiger partial charge in [-0.3, -0.25) is 4.79 Å². The van der Waals surface area contributed by atoms with Crippen LogP contribution < -0.4 is 0 Å². The van der Waals surface area contributed by atoms with Gasteiger partial charge in [0.25, 0.3) is 0 Å². The summed E-state index contributed by atoms with van der Waals surface area (Å²) in [5.41, 5.74) is 0. The average Bonchev–Trinajstić information content (AvgIpc) is 2.16. The van der Waals surface area contributed by atoms with Gasteiger partial charge in [-0.2, -0.15) is 0 Å². The highest BCUT2D eigenvalue weighted by Crippen LogP contribution is 1.70. The van der Waals surface area contributed by atoms with Gasteiger partial charge < -0.3 is 20.1 Å². The Morgan fingerprint density at radius 2 is 1.35 bits per heavy atom. The molecule has 0 fully saturated rings. The van der Waals surface area contributed by atoms with Crippen LogP contribution in [0, 0.1) is 0 Å². The Bertz CT molecular complexity index is 229. The predicted molar refractivity (Wildman–Crippen MR) is 59.5 cm³/mol. The van der Waals surface area contributed by atoms with E-state index in [4.69, 9.17) is 15.3 Å². The minimum Gasteiger partial charge on any atom is -0.478 e. The second-order valence-electron chi connectivity index (χ2n) is 2.25. The van der Waals surface area contributed by atoms with Gasteiger partial charge in [-0.1, -0.05) is 0 Å². The molecule has 0 aromatic rings. The van der Waals surface area contributed by atoms with Crippen molar-refractivity contribution in [2.45, 2.75) is 20.8 Å². The van der Waals surface area contributed by atoms with Crippen molar-refractivity contribution in [3.63, 3.8) is 0 Å². The lowest BCUT2D eigenvalue weighted by molar-refractivity contribution is -0.140. The van der Waals surface area contributed by atoms with Crippen LogP contribution in [0.3, 0.4) is 0 Å². The minimum absolute atomic E-state index is 0.211. The van der Waals surface area contributed by atoms with Crippen LogP contribution in [0.4, 0.5) is 0 Å². The van der Waals surface area contributed by atoms with Crippen LogP contribution in [0.2, 0.25) is 0 Å². The van der Waals surface area contributed by atoms with Crippen LogP contribution >= 0.6 is 0 Å². The number of carboxylic acids is 2. The molecule has 0 saturated heterocycles. The van der Waals surface area contributed by atoms with Gasteiger partial charge in [0.15, 0.2) is 0 Å². The number of carbonyl (C=O) groups is 3. The molecule has 0 aromatic heterocycles. The molecular formula is C10H18O7. The molecule has 100 valence electrons. The molecule has 0 amide bonds. The van der Waals surface area contributed by atoms with Gasteiger partial charge in [0, 0.05) is 25.7 Å². The summed E-state index contributed by atoms with van der Waals surface area (Å²) in [7, 11) is 0. The molecule has 0 heterocycles. The molecule has 17 heavy (non-hydrogen) atoms. The fourth-order valence-corrected chi connectivity index (χ4v) is 0.346. The van der Waals surface area contributed by atoms with Gasteiger partial charge in [-0.05, 0) is 13.8 Å². The minimum atomic E-state index is -1.26. The standard InChI is InChI=1S/C4H4O4.C4H8O2.C2H6O/c5-3(6)1-2-4(7)8;1-3-6-4(2)5;1-2-3/h1-2H,(H,5,6)(H,7,8);3H2,1-2H3;3H,2H2,1H3. The molecular weight excluding hydrogens is 232 g/mol. The molecule has 7 nitrogen and oxygen atoms in total. The maximum absolute atomic E-state index is 9.82. The summed E-state index contributed by atoms with van der Waals surface area (Å²) >= 11 is 0. The third-order valence-electron chi connectivity index (χ3n) is 0.716. The van der Waals surface area contributed by atoms with E-state index >= 15 is 0 Å². The second kappa shape index (κ2) is 16.5. The number of esters is 1. The zero-order valence-electron chi connectivity index (χ0n) is 10.0. The molecule has 0 aliphatic carbocycles. The monoisotopic (exact) mass is 250 g/mol. The van der Waals surface area contributed by atoms with Gasteiger partial charge >= 0.3 is 17.9 Å². The summed E-state index contributed by atoms with van der Waals surface area (Å²) < 4.78 is 4.40. The quantitative estimate of drug-likeness (QED) is 0.485. The molecule has 0 saturated carbocycles. The van der Waals surface area contributed by atoms with Crippen molar-refractivity contribution in [3.05, 3.63) is 12.2 Å². The molecule has 0 aliphatic heterocycles. The van der Waals surface area contributed by atoms with Crippen LogP contribution in [0.1, 0.15) is 20.8 Å². The lowest BCUT2D eigenvalue weighted by Gasteiger charge is -1.89. The SMILES string of the molecule is CCO.CCOC(C)=O.O=C(O)C=CC(=O)O. The van der Waals surface area contributed by atoms with Gasteiger partial charge in [0.1, 0.15) is 0 Å². The summed E-state index contributed by atoms with van der Waals surface area (Å²) in [6.45, 7) is 5.58. The summed E-state index contributed by atoms with van der Waals surface area (Å²) in [4.78, 5) is 28.9. The zero-order valence-corrected chi connectivity index (χ0v) is 10.0. The summed E-state index contributed by atoms with van der Waals surface area (Å²) in [6, 6.07) is 0. The Hall–Kier alpha value is -1.89. The van der Waals surface area contributed by atoms with Crippen LogP contribution in [-0.4, -0.2) is 46.4 Å². The Labute approximate surface area is 99.3 Å². The van der Waals surface area contributed by atoms with E-state index in [-0.39, 0.29) is 12.6 Å². The van der Waals surface area contributed by atoms with Crippen molar-refractivity contribution in [2.75, 3.05) is 13.2 Å². The van der Waals surface area contributed by atoms with Crippen LogP contribution in [-0.2, 0) is 19.1 Å². The summed E-state index contributed by atoms with van der Waals surface area (Å²) in [5, 5.41) is 23.2. The van der Waals surface area contributed by atoms with Gasteiger partial charge in [0.2, 0.25) is 0 Å². The largest absolute Gasteiger partial charge is 0.478 e. The first-order chi connectivity index (χ1) is 7.81. The predicted octanol–water partition coefficient (Wildman–Crippen LogP) is 0.280. The second-order valence-corrected chi connectivity index (χ2v) is 2.25. The summed E-state index contributed by atoms with van der Waals surface area (Å²) in [6.07, 6.45) is 1.12. The zero-order chi connectivity index (χ0) is 14.3. The van der Waals surface area contributed by atoms with Crippen molar-refractivity contribution in [1.82, 2.24) is 0 Å². The first-order valence-corrected chi connectivity index (χ1v) is 4.69. The van der Waals surface area contributed by atoms with Crippen molar-refractivity contribution in [1.29, 1.82) is 0 Å². The van der Waals surface area contributed by atoms with Crippen LogP contribution in [0.5, 0.6) is 0 Å². The molecule has 0 spiro atoms. The van der Waals surface area contributed by atoms with E-state index in [0.717, 1.165) is 0 Å². The van der Waals surface area contributed by atoms with Gasteiger partial charge in [-0.15, -0.1) is 0 Å². The van der Waals surface area contributed by atoms with E-state index in [1.807, 2.05) is 0 Å². The summed E-state index contributed by atoms with van der Waals surface area (Å²) in [5.74, 6) is -2.72. The maximum Gasteiger partial charge on any atom is 0.328 e. The number of carbonyl (C=O) groups excluding carboxylic acids is 1. The molecule has 3 N–H and O–H groups in total. The number of aliphatic carboxylic acids is 2. The highest BCUT2D eigenvalue weighted by atomic mass is 16.5. The average molecular weight is 250 g/mol. The van der Waals surface area contributed by atoms with E-state index in [9.17, 15) is 14.4 Å². The van der Waals surface area contributed by atoms with Crippen LogP contribution in [0.15, 0.2) is 12.2 Å². The van der Waals surface area contributed by atoms with Crippen molar-refractivity contribution in [2.24, 2.45) is 0 Å². The molecule has 0 aromatic carbocycles. The van der Waals surface area contributed by atoms with Crippen molar-refractivity contribution < 1.29 is 34.4 Å². The lowest BCUT2D eigenvalue weighted by atomic mass is 10.5. The van der Waals surface area contributed by atoms with E-state index in [1.54, 1.807) is 13.8 Å². The van der Waals surface area contributed by atoms with Crippen molar-refractivity contribution in [3.8, 4) is 0 Å². The van der Waals surface area contributed by atoms with E-state index in [1.165, 1.54) is 6.92 Å². The molecule has 0 aliphatic rings. The fourth-order valence-electron chi connectivity index (χ4n) is 0.346. The number of rotatable bonds is 3. The Kier molecular flexibility index (Phi) is 20.0. The highest BCUT2D eigenvalue weighted by Gasteiger charge is 1.88. The first-order valence-electron chi connectivity index (χ1n) is 4.69. The topological polar surface area (TPSA) is 121 Å². The fraction of sp³-hybridized carbons (Fsp3) is 0.500. The third-order valence-corrected chi connectivity index (χ3v) is 0.716. The molecule has 0 rings (SSSR count). The smallest absolute Gasteiger partial charge is 0.328 e. The highest BCUT2D eigenvalue weighted by molar-refractivity contribution is 5.89. The Morgan fingerprint density at radius 1 is 1.06 bits per heavy atom. The Morgan fingerprint density at radius 3 is 1.41 bits per heavy atom.